The van der Waals surface area contributed by atoms with E-state index >= 15 is 0 Å². The summed E-state index contributed by atoms with van der Waals surface area (Å²) in [5.41, 5.74) is 0. The first-order valence-corrected chi connectivity index (χ1v) is 11.2. The topological polar surface area (TPSA) is 9.23 Å². The normalized spacial score (nSPS) is 13.4. The minimum absolute atomic E-state index is 0.0354. The van der Waals surface area contributed by atoms with Gasteiger partial charge in [-0.2, -0.15) is 0 Å². The SMILES string of the molecule is C=C[C@H](CCC)CO[Si](c1ccccc1)(c1ccccc1)C(C)(C)C. The molecule has 1 nitrogen and oxygen atoms in total. The van der Waals surface area contributed by atoms with E-state index in [1.807, 2.05) is 0 Å². The summed E-state index contributed by atoms with van der Waals surface area (Å²) in [6.07, 6.45) is 4.34. The molecule has 0 bridgehead atoms. The van der Waals surface area contributed by atoms with E-state index in [4.69, 9.17) is 4.43 Å². The van der Waals surface area contributed by atoms with Crippen LogP contribution in [0, 0.1) is 5.92 Å². The second-order valence-corrected chi connectivity index (χ2v) is 12.1. The molecule has 0 aliphatic rings. The summed E-state index contributed by atoms with van der Waals surface area (Å²) >= 11 is 0. The number of rotatable bonds is 8. The Bertz CT molecular complexity index is 603. The van der Waals surface area contributed by atoms with Crippen LogP contribution in [0.3, 0.4) is 0 Å². The fourth-order valence-corrected chi connectivity index (χ4v) is 8.25. The molecule has 0 amide bonds. The molecule has 0 heterocycles. The molecule has 2 aromatic carbocycles. The highest BCUT2D eigenvalue weighted by Gasteiger charge is 2.50. The molecule has 2 rings (SSSR count). The van der Waals surface area contributed by atoms with E-state index in [1.54, 1.807) is 0 Å². The molecule has 0 aliphatic heterocycles. The van der Waals surface area contributed by atoms with Crippen molar-refractivity contribution in [3.63, 3.8) is 0 Å². The highest BCUT2D eigenvalue weighted by molar-refractivity contribution is 6.99. The molecule has 0 unspecified atom stereocenters. The predicted octanol–water partition coefficient (Wildman–Crippen LogP) is 5.17. The summed E-state index contributed by atoms with van der Waals surface area (Å²) in [6, 6.07) is 21.7. The minimum Gasteiger partial charge on any atom is -0.407 e. The van der Waals surface area contributed by atoms with Crippen molar-refractivity contribution < 1.29 is 4.43 Å². The molecule has 2 heteroatoms. The molecule has 0 N–H and O–H groups in total. The molecule has 0 saturated heterocycles. The van der Waals surface area contributed by atoms with Gasteiger partial charge in [0.15, 0.2) is 0 Å². The third-order valence-electron chi connectivity index (χ3n) is 4.92. The van der Waals surface area contributed by atoms with Crippen molar-refractivity contribution in [1.29, 1.82) is 0 Å². The second kappa shape index (κ2) is 8.64. The summed E-state index contributed by atoms with van der Waals surface area (Å²) in [7, 11) is -2.41. The lowest BCUT2D eigenvalue weighted by Crippen LogP contribution is -2.66. The van der Waals surface area contributed by atoms with Crippen LogP contribution in [-0.2, 0) is 4.43 Å². The Balaban J connectivity index is 2.54. The summed E-state index contributed by atoms with van der Waals surface area (Å²) in [5.74, 6) is 0.409. The Hall–Kier alpha value is -1.64. The molecule has 0 aromatic heterocycles. The molecule has 0 radical (unpaired) electrons. The van der Waals surface area contributed by atoms with Gasteiger partial charge in [0.2, 0.25) is 0 Å². The van der Waals surface area contributed by atoms with Gasteiger partial charge >= 0.3 is 0 Å². The molecular formula is C23H32OSi. The molecule has 0 aliphatic carbocycles. The summed E-state index contributed by atoms with van der Waals surface area (Å²) in [5, 5.41) is 2.72. The van der Waals surface area contributed by atoms with Gasteiger partial charge in [-0.05, 0) is 27.8 Å². The Labute approximate surface area is 154 Å². The van der Waals surface area contributed by atoms with Crippen molar-refractivity contribution in [2.75, 3.05) is 6.61 Å². The van der Waals surface area contributed by atoms with E-state index in [9.17, 15) is 0 Å². The van der Waals surface area contributed by atoms with Gasteiger partial charge in [-0.15, -0.1) is 6.58 Å². The Kier molecular flexibility index (Phi) is 6.80. The smallest absolute Gasteiger partial charge is 0.261 e. The lowest BCUT2D eigenvalue weighted by molar-refractivity contribution is 0.252. The van der Waals surface area contributed by atoms with E-state index < -0.39 is 8.32 Å². The third-order valence-corrected chi connectivity index (χ3v) is 9.93. The quantitative estimate of drug-likeness (QED) is 0.471. The van der Waals surface area contributed by atoms with Crippen LogP contribution in [0.4, 0.5) is 0 Å². The van der Waals surface area contributed by atoms with Crippen LogP contribution < -0.4 is 10.4 Å². The van der Waals surface area contributed by atoms with E-state index in [-0.39, 0.29) is 5.04 Å². The van der Waals surface area contributed by atoms with Crippen molar-refractivity contribution in [3.05, 3.63) is 73.3 Å². The first-order chi connectivity index (χ1) is 12.0. The number of hydrogen-bond donors (Lipinski definition) is 0. The second-order valence-electron chi connectivity index (χ2n) is 7.76. The largest absolute Gasteiger partial charge is 0.407 e. The Morgan fingerprint density at radius 3 is 1.80 bits per heavy atom. The zero-order valence-corrected chi connectivity index (χ0v) is 17.2. The fourth-order valence-electron chi connectivity index (χ4n) is 3.63. The average molecular weight is 353 g/mol. The van der Waals surface area contributed by atoms with Gasteiger partial charge in [0.05, 0.1) is 0 Å². The van der Waals surface area contributed by atoms with E-state index in [0.29, 0.717) is 5.92 Å². The van der Waals surface area contributed by atoms with Crippen molar-refractivity contribution >= 4 is 18.7 Å². The molecule has 0 saturated carbocycles. The number of hydrogen-bond acceptors (Lipinski definition) is 1. The maximum atomic E-state index is 6.94. The van der Waals surface area contributed by atoms with Crippen molar-refractivity contribution in [1.82, 2.24) is 0 Å². The van der Waals surface area contributed by atoms with Gasteiger partial charge in [0.1, 0.15) is 0 Å². The highest BCUT2D eigenvalue weighted by atomic mass is 28.4. The lowest BCUT2D eigenvalue weighted by atomic mass is 10.1. The monoisotopic (exact) mass is 352 g/mol. The van der Waals surface area contributed by atoms with Gasteiger partial charge < -0.3 is 4.43 Å². The van der Waals surface area contributed by atoms with Crippen molar-refractivity contribution in [2.24, 2.45) is 5.92 Å². The van der Waals surface area contributed by atoms with Crippen molar-refractivity contribution in [3.8, 4) is 0 Å². The van der Waals surface area contributed by atoms with Crippen LogP contribution in [0.15, 0.2) is 73.3 Å². The minimum atomic E-state index is -2.41. The van der Waals surface area contributed by atoms with Gasteiger partial charge in [-0.1, -0.05) is 101 Å². The van der Waals surface area contributed by atoms with E-state index in [2.05, 4.69) is 101 Å². The standard InChI is InChI=1S/C23H32OSi/c1-6-14-20(7-2)19-24-25(23(3,4)5,21-15-10-8-11-16-21)22-17-12-9-13-18-22/h7-13,15-18,20H,2,6,14,19H2,1,3-5H3/t20-/m1/s1. The predicted molar refractivity (Wildman–Crippen MR) is 112 cm³/mol. The fraction of sp³-hybridized carbons (Fsp3) is 0.391. The lowest BCUT2D eigenvalue weighted by Gasteiger charge is -2.43. The molecule has 2 aromatic rings. The van der Waals surface area contributed by atoms with Gasteiger partial charge in [0.25, 0.3) is 8.32 Å². The molecular weight excluding hydrogens is 320 g/mol. The summed E-state index contributed by atoms with van der Waals surface area (Å²) < 4.78 is 6.94. The van der Waals surface area contributed by atoms with Crippen LogP contribution in [0.1, 0.15) is 40.5 Å². The molecule has 134 valence electrons. The Morgan fingerprint density at radius 2 is 1.44 bits per heavy atom. The molecule has 0 fully saturated rings. The summed E-state index contributed by atoms with van der Waals surface area (Å²) in [6.45, 7) is 13.9. The number of benzene rings is 2. The summed E-state index contributed by atoms with van der Waals surface area (Å²) in [4.78, 5) is 0. The van der Waals surface area contributed by atoms with Crippen molar-refractivity contribution in [2.45, 2.75) is 45.6 Å². The van der Waals surface area contributed by atoms with Crippen LogP contribution >= 0.6 is 0 Å². The first-order valence-electron chi connectivity index (χ1n) is 9.33. The van der Waals surface area contributed by atoms with Gasteiger partial charge in [0, 0.05) is 6.61 Å². The maximum absolute atomic E-state index is 6.94. The maximum Gasteiger partial charge on any atom is 0.261 e. The van der Waals surface area contributed by atoms with Gasteiger partial charge in [-0.3, -0.25) is 0 Å². The van der Waals surface area contributed by atoms with Crippen LogP contribution in [0.5, 0.6) is 0 Å². The first kappa shape index (κ1) is 19.7. The van der Waals surface area contributed by atoms with E-state index in [1.165, 1.54) is 10.4 Å². The zero-order valence-electron chi connectivity index (χ0n) is 16.2. The highest BCUT2D eigenvalue weighted by Crippen LogP contribution is 2.37. The van der Waals surface area contributed by atoms with Gasteiger partial charge in [-0.25, -0.2) is 0 Å². The van der Waals surface area contributed by atoms with Crippen LogP contribution in [0.2, 0.25) is 5.04 Å². The zero-order chi connectivity index (χ0) is 18.3. The molecule has 25 heavy (non-hydrogen) atoms. The molecule has 0 spiro atoms. The molecule has 1 atom stereocenters. The Morgan fingerprint density at radius 1 is 0.960 bits per heavy atom. The van der Waals surface area contributed by atoms with Crippen LogP contribution in [0.25, 0.3) is 0 Å². The average Bonchev–Trinajstić information content (AvgIpc) is 2.62. The van der Waals surface area contributed by atoms with E-state index in [0.717, 1.165) is 19.4 Å². The third kappa shape index (κ3) is 4.31. The van der Waals surface area contributed by atoms with Crippen LogP contribution in [-0.4, -0.2) is 14.9 Å².